The molecule has 0 bridgehead atoms. The van der Waals surface area contributed by atoms with Gasteiger partial charge in [0.1, 0.15) is 5.60 Å². The molecule has 4 nitrogen and oxygen atoms in total. The minimum Gasteiger partial charge on any atom is -0.375 e. The summed E-state index contributed by atoms with van der Waals surface area (Å²) in [7, 11) is 0. The van der Waals surface area contributed by atoms with Gasteiger partial charge in [0.05, 0.1) is 11.3 Å². The number of hydrogen-bond donors (Lipinski definition) is 2. The summed E-state index contributed by atoms with van der Waals surface area (Å²) in [6.45, 7) is 8.06. The van der Waals surface area contributed by atoms with E-state index >= 15 is 0 Å². The van der Waals surface area contributed by atoms with Crippen molar-refractivity contribution in [3.05, 3.63) is 0 Å². The first-order valence-electron chi connectivity index (χ1n) is 4.56. The highest BCUT2D eigenvalue weighted by molar-refractivity contribution is 7.80. The second-order valence-corrected chi connectivity index (χ2v) is 5.02. The van der Waals surface area contributed by atoms with Gasteiger partial charge in [-0.2, -0.15) is 5.10 Å². The lowest BCUT2D eigenvalue weighted by Crippen LogP contribution is -2.32. The molecule has 0 atom stereocenters. The summed E-state index contributed by atoms with van der Waals surface area (Å²) < 4.78 is 5.83. The quantitative estimate of drug-likeness (QED) is 0.509. The fourth-order valence-electron chi connectivity index (χ4n) is 1.70. The number of hydrogen-bond acceptors (Lipinski definition) is 3. The van der Waals surface area contributed by atoms with Crippen LogP contribution < -0.4 is 11.2 Å². The van der Waals surface area contributed by atoms with Gasteiger partial charge in [0.25, 0.3) is 0 Å². The second kappa shape index (κ2) is 3.47. The first-order chi connectivity index (χ1) is 6.23. The van der Waals surface area contributed by atoms with E-state index < -0.39 is 0 Å². The van der Waals surface area contributed by atoms with E-state index in [1.165, 1.54) is 0 Å². The van der Waals surface area contributed by atoms with Gasteiger partial charge in [0, 0.05) is 6.42 Å². The number of nitrogens with zero attached hydrogens (tertiary/aromatic N) is 1. The van der Waals surface area contributed by atoms with Crippen LogP contribution in [-0.2, 0) is 4.74 Å². The molecule has 1 rings (SSSR count). The van der Waals surface area contributed by atoms with Gasteiger partial charge < -0.3 is 10.5 Å². The lowest BCUT2D eigenvalue weighted by molar-refractivity contribution is -0.0515. The molecule has 0 aromatic heterocycles. The van der Waals surface area contributed by atoms with Crippen LogP contribution in [0.25, 0.3) is 0 Å². The molecule has 0 aromatic rings. The maximum Gasteiger partial charge on any atom is 0.184 e. The van der Waals surface area contributed by atoms with E-state index in [9.17, 15) is 0 Å². The third-order valence-electron chi connectivity index (χ3n) is 2.12. The van der Waals surface area contributed by atoms with Crippen molar-refractivity contribution in [1.29, 1.82) is 0 Å². The number of rotatable bonds is 1. The van der Waals surface area contributed by atoms with Crippen LogP contribution in [0.4, 0.5) is 0 Å². The Bertz CT molecular complexity index is 284. The molecule has 0 amide bonds. The van der Waals surface area contributed by atoms with Crippen molar-refractivity contribution in [2.24, 2.45) is 10.8 Å². The summed E-state index contributed by atoms with van der Waals surface area (Å²) in [6, 6.07) is 0. The van der Waals surface area contributed by atoms with Gasteiger partial charge in [-0.3, -0.25) is 5.43 Å². The predicted octanol–water partition coefficient (Wildman–Crippen LogP) is 1.15. The van der Waals surface area contributed by atoms with Gasteiger partial charge in [-0.15, -0.1) is 0 Å². The van der Waals surface area contributed by atoms with E-state index in [1.807, 2.05) is 27.7 Å². The SMILES string of the molecule is CC1(C)CC(=NNC(N)=S)C(C)(C)O1. The number of hydrazone groups is 1. The van der Waals surface area contributed by atoms with Gasteiger partial charge in [0.2, 0.25) is 0 Å². The Morgan fingerprint density at radius 3 is 2.43 bits per heavy atom. The highest BCUT2D eigenvalue weighted by Crippen LogP contribution is 2.34. The topological polar surface area (TPSA) is 59.6 Å². The van der Waals surface area contributed by atoms with Crippen LogP contribution in [0.5, 0.6) is 0 Å². The molecule has 0 saturated carbocycles. The number of thiocarbonyl (C=S) groups is 1. The molecule has 1 saturated heterocycles. The molecular formula is C9H17N3OS. The molecular weight excluding hydrogens is 198 g/mol. The second-order valence-electron chi connectivity index (χ2n) is 4.58. The Morgan fingerprint density at radius 1 is 1.50 bits per heavy atom. The summed E-state index contributed by atoms with van der Waals surface area (Å²) >= 11 is 4.68. The zero-order chi connectivity index (χ0) is 11.0. The van der Waals surface area contributed by atoms with Crippen LogP contribution in [-0.4, -0.2) is 22.0 Å². The Labute approximate surface area is 89.9 Å². The van der Waals surface area contributed by atoms with Crippen LogP contribution in [0, 0.1) is 0 Å². The molecule has 14 heavy (non-hydrogen) atoms. The fraction of sp³-hybridized carbons (Fsp3) is 0.778. The number of nitrogens with two attached hydrogens (primary N) is 1. The van der Waals surface area contributed by atoms with E-state index in [1.54, 1.807) is 0 Å². The van der Waals surface area contributed by atoms with Gasteiger partial charge in [-0.25, -0.2) is 0 Å². The summed E-state index contributed by atoms with van der Waals surface area (Å²) in [5.41, 5.74) is 8.32. The molecule has 80 valence electrons. The molecule has 0 radical (unpaired) electrons. The van der Waals surface area contributed by atoms with Crippen molar-refractivity contribution in [3.63, 3.8) is 0 Å². The normalized spacial score (nSPS) is 26.4. The Hall–Kier alpha value is -0.680. The molecule has 0 aliphatic carbocycles. The smallest absolute Gasteiger partial charge is 0.184 e. The highest BCUT2D eigenvalue weighted by atomic mass is 32.1. The van der Waals surface area contributed by atoms with Gasteiger partial charge in [-0.05, 0) is 39.9 Å². The maximum absolute atomic E-state index is 5.83. The summed E-state index contributed by atoms with van der Waals surface area (Å²) in [4.78, 5) is 0. The molecule has 1 aliphatic heterocycles. The average Bonchev–Trinajstić information content (AvgIpc) is 2.14. The zero-order valence-electron chi connectivity index (χ0n) is 9.05. The molecule has 0 unspecified atom stereocenters. The minimum absolute atomic E-state index is 0.166. The van der Waals surface area contributed by atoms with Crippen molar-refractivity contribution in [3.8, 4) is 0 Å². The van der Waals surface area contributed by atoms with Crippen molar-refractivity contribution in [2.45, 2.75) is 45.3 Å². The predicted molar refractivity (Wildman–Crippen MR) is 61.2 cm³/mol. The van der Waals surface area contributed by atoms with Gasteiger partial charge in [0.15, 0.2) is 5.11 Å². The highest BCUT2D eigenvalue weighted by Gasteiger charge is 2.43. The number of ether oxygens (including phenoxy) is 1. The molecule has 5 heteroatoms. The van der Waals surface area contributed by atoms with Crippen molar-refractivity contribution in [1.82, 2.24) is 5.43 Å². The van der Waals surface area contributed by atoms with E-state index in [4.69, 9.17) is 10.5 Å². The standard InChI is InChI=1S/C9H17N3OS/c1-8(2)5-6(9(3,4)13-8)11-12-7(10)14/h5H2,1-4H3,(H3,10,12,14). The van der Waals surface area contributed by atoms with Crippen molar-refractivity contribution >= 4 is 23.0 Å². The van der Waals surface area contributed by atoms with Crippen LogP contribution in [0.1, 0.15) is 34.1 Å². The minimum atomic E-state index is -0.346. The monoisotopic (exact) mass is 215 g/mol. The van der Waals surface area contributed by atoms with Gasteiger partial charge >= 0.3 is 0 Å². The lowest BCUT2D eigenvalue weighted by Gasteiger charge is -2.23. The summed E-state index contributed by atoms with van der Waals surface area (Å²) in [5.74, 6) is 0. The van der Waals surface area contributed by atoms with E-state index in [0.29, 0.717) is 0 Å². The maximum atomic E-state index is 5.83. The van der Waals surface area contributed by atoms with E-state index in [-0.39, 0.29) is 16.3 Å². The van der Waals surface area contributed by atoms with Crippen molar-refractivity contribution < 1.29 is 4.74 Å². The van der Waals surface area contributed by atoms with Crippen LogP contribution >= 0.6 is 12.2 Å². The Kier molecular flexibility index (Phi) is 2.83. The molecule has 0 aromatic carbocycles. The summed E-state index contributed by atoms with van der Waals surface area (Å²) in [6.07, 6.45) is 0.787. The molecule has 1 heterocycles. The van der Waals surface area contributed by atoms with Gasteiger partial charge in [-0.1, -0.05) is 0 Å². The first kappa shape index (κ1) is 11.4. The van der Waals surface area contributed by atoms with E-state index in [0.717, 1.165) is 12.1 Å². The fourth-order valence-corrected chi connectivity index (χ4v) is 1.74. The van der Waals surface area contributed by atoms with Crippen molar-refractivity contribution in [2.75, 3.05) is 0 Å². The summed E-state index contributed by atoms with van der Waals surface area (Å²) in [5, 5.41) is 4.33. The van der Waals surface area contributed by atoms with E-state index in [2.05, 4.69) is 22.7 Å². The van der Waals surface area contributed by atoms with Crippen LogP contribution in [0.2, 0.25) is 0 Å². The third kappa shape index (κ3) is 2.65. The molecule has 1 aliphatic rings. The number of nitrogens with one attached hydrogen (secondary N) is 1. The third-order valence-corrected chi connectivity index (χ3v) is 2.21. The molecule has 3 N–H and O–H groups in total. The van der Waals surface area contributed by atoms with Crippen LogP contribution in [0.15, 0.2) is 5.10 Å². The zero-order valence-corrected chi connectivity index (χ0v) is 9.86. The Balaban J connectivity index is 2.80. The first-order valence-corrected chi connectivity index (χ1v) is 4.96. The Morgan fingerprint density at radius 2 is 2.07 bits per heavy atom. The van der Waals surface area contributed by atoms with Crippen LogP contribution in [0.3, 0.4) is 0 Å². The molecule has 1 fully saturated rings. The molecule has 0 spiro atoms. The largest absolute Gasteiger partial charge is 0.375 e. The average molecular weight is 215 g/mol. The lowest BCUT2D eigenvalue weighted by atomic mass is 9.98.